The summed E-state index contributed by atoms with van der Waals surface area (Å²) in [5.74, 6) is -0.277. The summed E-state index contributed by atoms with van der Waals surface area (Å²) in [6.45, 7) is 2.00. The van der Waals surface area contributed by atoms with Gasteiger partial charge in [0.15, 0.2) is 0 Å². The number of nitrogens with zero attached hydrogens (tertiary/aromatic N) is 1. The molecule has 0 saturated carbocycles. The lowest BCUT2D eigenvalue weighted by atomic mass is 10.0. The second kappa shape index (κ2) is 7.90. The van der Waals surface area contributed by atoms with E-state index in [2.05, 4.69) is 20.2 Å². The number of urea groups is 1. The van der Waals surface area contributed by atoms with E-state index < -0.39 is 22.5 Å². The number of carbonyl (C=O) groups excluding carboxylic acids is 2. The van der Waals surface area contributed by atoms with E-state index in [1.165, 1.54) is 0 Å². The summed E-state index contributed by atoms with van der Waals surface area (Å²) in [6.07, 6.45) is 2.51. The Morgan fingerprint density at radius 1 is 1.30 bits per heavy atom. The second-order valence-corrected chi connectivity index (χ2v) is 6.66. The predicted molar refractivity (Wildman–Crippen MR) is 79.5 cm³/mol. The molecule has 2 aliphatic rings. The lowest BCUT2D eigenvalue weighted by Crippen LogP contribution is -2.48. The molecular formula is C12H22N4O6S. The zero-order valence-corrected chi connectivity index (χ0v) is 13.5. The fourth-order valence-corrected chi connectivity index (χ4v) is 3.13. The Labute approximate surface area is 134 Å². The summed E-state index contributed by atoms with van der Waals surface area (Å²) in [4.78, 5) is 24.0. The summed E-state index contributed by atoms with van der Waals surface area (Å²) in [7, 11) is -4.84. The van der Waals surface area contributed by atoms with Crippen LogP contribution in [0.1, 0.15) is 32.1 Å². The number of piperidine rings is 1. The van der Waals surface area contributed by atoms with Crippen molar-refractivity contribution in [1.82, 2.24) is 21.0 Å². The molecule has 2 heterocycles. The molecule has 2 aliphatic heterocycles. The highest BCUT2D eigenvalue weighted by molar-refractivity contribution is 7.80. The monoisotopic (exact) mass is 350 g/mol. The lowest BCUT2D eigenvalue weighted by molar-refractivity contribution is -0.126. The van der Waals surface area contributed by atoms with E-state index >= 15 is 0 Å². The normalized spacial score (nSPS) is 24.0. The first-order valence-corrected chi connectivity index (χ1v) is 8.96. The van der Waals surface area contributed by atoms with Crippen LogP contribution < -0.4 is 16.0 Å². The molecule has 132 valence electrons. The highest BCUT2D eigenvalue weighted by Crippen LogP contribution is 2.17. The van der Waals surface area contributed by atoms with Crippen LogP contribution in [0.5, 0.6) is 0 Å². The van der Waals surface area contributed by atoms with Gasteiger partial charge in [-0.05, 0) is 38.8 Å². The van der Waals surface area contributed by atoms with Crippen molar-refractivity contribution in [2.75, 3.05) is 19.6 Å². The van der Waals surface area contributed by atoms with E-state index in [0.29, 0.717) is 24.4 Å². The van der Waals surface area contributed by atoms with Gasteiger partial charge >= 0.3 is 16.4 Å². The van der Waals surface area contributed by atoms with Crippen LogP contribution in [0, 0.1) is 0 Å². The smallest absolute Gasteiger partial charge is 0.353 e. The van der Waals surface area contributed by atoms with Crippen LogP contribution in [0.25, 0.3) is 0 Å². The Morgan fingerprint density at radius 2 is 2.00 bits per heavy atom. The van der Waals surface area contributed by atoms with Gasteiger partial charge in [-0.15, -0.1) is 4.28 Å². The average Bonchev–Trinajstić information content (AvgIpc) is 2.62. The zero-order chi connectivity index (χ0) is 16.9. The van der Waals surface area contributed by atoms with Crippen molar-refractivity contribution >= 4 is 22.3 Å². The maximum Gasteiger partial charge on any atom is 0.418 e. The molecule has 10 nitrogen and oxygen atoms in total. The van der Waals surface area contributed by atoms with Crippen molar-refractivity contribution in [2.45, 2.75) is 44.2 Å². The van der Waals surface area contributed by atoms with Gasteiger partial charge in [0.2, 0.25) is 5.91 Å². The minimum atomic E-state index is -4.84. The van der Waals surface area contributed by atoms with Gasteiger partial charge in [0.1, 0.15) is 0 Å². The third-order valence-electron chi connectivity index (χ3n) is 3.82. The van der Waals surface area contributed by atoms with Crippen LogP contribution in [-0.4, -0.2) is 61.7 Å². The van der Waals surface area contributed by atoms with Gasteiger partial charge in [-0.2, -0.15) is 13.5 Å². The molecule has 23 heavy (non-hydrogen) atoms. The number of hydroxylamine groups is 2. The Balaban J connectivity index is 1.97. The molecule has 3 amide bonds. The van der Waals surface area contributed by atoms with Gasteiger partial charge in [0.05, 0.1) is 6.04 Å². The Morgan fingerprint density at radius 3 is 2.65 bits per heavy atom. The zero-order valence-electron chi connectivity index (χ0n) is 12.7. The predicted octanol–water partition coefficient (Wildman–Crippen LogP) is -0.847. The fourth-order valence-electron chi connectivity index (χ4n) is 2.74. The molecule has 1 atom stereocenters. The first kappa shape index (κ1) is 17.9. The van der Waals surface area contributed by atoms with Gasteiger partial charge in [-0.25, -0.2) is 4.79 Å². The van der Waals surface area contributed by atoms with Crippen LogP contribution in [-0.2, 0) is 19.5 Å². The maximum absolute atomic E-state index is 12.2. The Bertz CT molecular complexity index is 534. The van der Waals surface area contributed by atoms with Crippen LogP contribution in [0.3, 0.4) is 0 Å². The fraction of sp³-hybridized carbons (Fsp3) is 0.833. The molecule has 0 aromatic heterocycles. The number of rotatable bonds is 5. The topological polar surface area (TPSA) is 137 Å². The van der Waals surface area contributed by atoms with E-state index in [1.54, 1.807) is 0 Å². The van der Waals surface area contributed by atoms with Crippen LogP contribution in [0.15, 0.2) is 0 Å². The molecular weight excluding hydrogens is 328 g/mol. The summed E-state index contributed by atoms with van der Waals surface area (Å²) < 4.78 is 35.0. The number of carbonyl (C=O) groups is 2. The maximum atomic E-state index is 12.2. The van der Waals surface area contributed by atoms with Gasteiger partial charge in [0, 0.05) is 19.0 Å². The van der Waals surface area contributed by atoms with Crippen LogP contribution in [0.2, 0.25) is 0 Å². The van der Waals surface area contributed by atoms with Crippen molar-refractivity contribution in [2.24, 2.45) is 0 Å². The molecule has 0 bridgehead atoms. The quantitative estimate of drug-likeness (QED) is 0.474. The summed E-state index contributed by atoms with van der Waals surface area (Å²) in [5, 5.41) is 9.05. The molecule has 11 heteroatoms. The van der Waals surface area contributed by atoms with Gasteiger partial charge in [0.25, 0.3) is 0 Å². The largest absolute Gasteiger partial charge is 0.418 e. The van der Waals surface area contributed by atoms with Gasteiger partial charge < -0.3 is 16.0 Å². The summed E-state index contributed by atoms with van der Waals surface area (Å²) >= 11 is 0. The third kappa shape index (κ3) is 5.94. The third-order valence-corrected chi connectivity index (χ3v) is 4.17. The molecule has 0 aliphatic carbocycles. The van der Waals surface area contributed by atoms with E-state index in [-0.39, 0.29) is 18.4 Å². The van der Waals surface area contributed by atoms with E-state index in [0.717, 1.165) is 25.9 Å². The first-order valence-electron chi connectivity index (χ1n) is 7.59. The first-order chi connectivity index (χ1) is 10.8. The van der Waals surface area contributed by atoms with Crippen molar-refractivity contribution in [3.05, 3.63) is 0 Å². The number of nitrogens with one attached hydrogen (secondary N) is 3. The molecule has 0 spiro atoms. The molecule has 0 aromatic carbocycles. The number of hydrogen-bond donors (Lipinski definition) is 4. The van der Waals surface area contributed by atoms with Crippen LogP contribution >= 0.6 is 0 Å². The van der Waals surface area contributed by atoms with Crippen molar-refractivity contribution < 1.29 is 26.8 Å². The molecule has 0 aromatic rings. The Hall–Kier alpha value is -1.43. The Kier molecular flexibility index (Phi) is 6.16. The van der Waals surface area contributed by atoms with E-state index in [1.807, 2.05) is 0 Å². The number of hydrogen-bond acceptors (Lipinski definition) is 6. The van der Waals surface area contributed by atoms with Crippen molar-refractivity contribution in [3.63, 3.8) is 0 Å². The molecule has 2 saturated heterocycles. The lowest BCUT2D eigenvalue weighted by Gasteiger charge is -2.28. The van der Waals surface area contributed by atoms with Crippen molar-refractivity contribution in [3.8, 4) is 0 Å². The van der Waals surface area contributed by atoms with E-state index in [9.17, 15) is 18.0 Å². The average molecular weight is 350 g/mol. The molecule has 2 fully saturated rings. The van der Waals surface area contributed by atoms with Gasteiger partial charge in [-0.3, -0.25) is 9.35 Å². The SMILES string of the molecule is O=C(CC1CCCNC(=O)N1OS(=O)(=O)O)NC1CCNCC1. The molecule has 1 unspecified atom stereocenters. The highest BCUT2D eigenvalue weighted by atomic mass is 32.3. The summed E-state index contributed by atoms with van der Waals surface area (Å²) in [6, 6.07) is -1.49. The standard InChI is InChI=1S/C12H22N4O6S/c17-11(15-9-3-6-13-7-4-9)8-10-2-1-5-14-12(18)16(10)22-23(19,20)21/h9-10,13H,1-8H2,(H,14,18)(H,15,17)(H,19,20,21). The minimum Gasteiger partial charge on any atom is -0.353 e. The van der Waals surface area contributed by atoms with E-state index in [4.69, 9.17) is 4.55 Å². The molecule has 0 radical (unpaired) electrons. The summed E-state index contributed by atoms with van der Waals surface area (Å²) in [5.41, 5.74) is 0. The second-order valence-electron chi connectivity index (χ2n) is 5.65. The van der Waals surface area contributed by atoms with Gasteiger partial charge in [-0.1, -0.05) is 0 Å². The van der Waals surface area contributed by atoms with Crippen molar-refractivity contribution in [1.29, 1.82) is 0 Å². The van der Waals surface area contributed by atoms with Crippen LogP contribution in [0.4, 0.5) is 4.79 Å². The number of amides is 3. The minimum absolute atomic E-state index is 0.0688. The molecule has 4 N–H and O–H groups in total. The highest BCUT2D eigenvalue weighted by Gasteiger charge is 2.33. The molecule has 2 rings (SSSR count).